The molecule has 1 aromatic carbocycles. The van der Waals surface area contributed by atoms with Crippen LogP contribution in [0.3, 0.4) is 0 Å². The number of aromatic amines is 1. The Labute approximate surface area is 264 Å². The van der Waals surface area contributed by atoms with E-state index < -0.39 is 23.5 Å². The van der Waals surface area contributed by atoms with Crippen LogP contribution in [-0.4, -0.2) is 102 Å². The number of fused-ring (bicyclic) bond motifs is 1. The highest BCUT2D eigenvalue weighted by molar-refractivity contribution is 5.97. The lowest BCUT2D eigenvalue weighted by atomic mass is 10.1. The van der Waals surface area contributed by atoms with E-state index in [9.17, 15) is 24.3 Å². The van der Waals surface area contributed by atoms with Crippen molar-refractivity contribution in [3.05, 3.63) is 52.1 Å². The van der Waals surface area contributed by atoms with Crippen molar-refractivity contribution in [2.45, 2.75) is 38.3 Å². The van der Waals surface area contributed by atoms with Crippen LogP contribution in [0.2, 0.25) is 0 Å². The number of hydrogen-bond donors (Lipinski definition) is 7. The van der Waals surface area contributed by atoms with Crippen molar-refractivity contribution < 1.29 is 33.7 Å². The normalized spacial score (nSPS) is 11.7. The molecular weight excluding hydrogens is 602 g/mol. The molecule has 3 rings (SSSR count). The summed E-state index contributed by atoms with van der Waals surface area (Å²) in [7, 11) is 0. The van der Waals surface area contributed by atoms with Gasteiger partial charge in [-0.05, 0) is 50.1 Å². The van der Waals surface area contributed by atoms with Crippen LogP contribution < -0.4 is 33.0 Å². The largest absolute Gasteiger partial charge is 0.480 e. The van der Waals surface area contributed by atoms with Gasteiger partial charge in [-0.1, -0.05) is 0 Å². The molecule has 250 valence electrons. The smallest absolute Gasteiger partial charge is 0.326 e. The van der Waals surface area contributed by atoms with Crippen molar-refractivity contribution in [3.63, 3.8) is 0 Å². The number of benzene rings is 1. The highest BCUT2D eigenvalue weighted by Gasteiger charge is 2.21. The van der Waals surface area contributed by atoms with Crippen LogP contribution in [0.25, 0.3) is 11.2 Å². The second kappa shape index (κ2) is 19.6. The first-order valence-corrected chi connectivity index (χ1v) is 14.9. The second-order valence-electron chi connectivity index (χ2n) is 10.0. The van der Waals surface area contributed by atoms with E-state index in [1.807, 2.05) is 0 Å². The zero-order valence-electron chi connectivity index (χ0n) is 25.5. The van der Waals surface area contributed by atoms with Crippen LogP contribution >= 0.6 is 0 Å². The molecule has 2 amide bonds. The van der Waals surface area contributed by atoms with E-state index in [0.29, 0.717) is 70.5 Å². The van der Waals surface area contributed by atoms with Crippen LogP contribution in [-0.2, 0) is 30.3 Å². The summed E-state index contributed by atoms with van der Waals surface area (Å²) in [6, 6.07) is 5.09. The van der Waals surface area contributed by atoms with E-state index in [1.165, 1.54) is 18.3 Å². The van der Waals surface area contributed by atoms with Crippen LogP contribution in [0.1, 0.15) is 41.7 Å². The number of carbonyl (C=O) groups is 3. The summed E-state index contributed by atoms with van der Waals surface area (Å²) in [6.45, 7) is 4.12. The number of ether oxygens (including phenoxy) is 3. The number of rotatable bonds is 22. The van der Waals surface area contributed by atoms with Crippen molar-refractivity contribution in [1.82, 2.24) is 30.6 Å². The van der Waals surface area contributed by atoms with E-state index in [0.717, 1.165) is 6.42 Å². The van der Waals surface area contributed by atoms with Crippen molar-refractivity contribution in [2.24, 2.45) is 5.73 Å². The first-order valence-electron chi connectivity index (χ1n) is 14.9. The summed E-state index contributed by atoms with van der Waals surface area (Å²) in [5.74, 6) is -2.21. The maximum absolute atomic E-state index is 12.7. The number of H-pyrrole nitrogens is 1. The zero-order valence-corrected chi connectivity index (χ0v) is 25.5. The van der Waals surface area contributed by atoms with Gasteiger partial charge in [0.1, 0.15) is 6.04 Å². The monoisotopic (exact) mass is 643 g/mol. The summed E-state index contributed by atoms with van der Waals surface area (Å²) in [5.41, 5.74) is 12.0. The number of nitrogens with zero attached hydrogens (tertiary/aromatic N) is 3. The molecule has 0 aliphatic carbocycles. The molecule has 0 bridgehead atoms. The van der Waals surface area contributed by atoms with Crippen LogP contribution in [0.4, 0.5) is 11.6 Å². The van der Waals surface area contributed by atoms with Gasteiger partial charge in [0, 0.05) is 37.4 Å². The van der Waals surface area contributed by atoms with E-state index in [2.05, 4.69) is 35.9 Å². The Morgan fingerprint density at radius 1 is 0.957 bits per heavy atom. The van der Waals surface area contributed by atoms with Crippen molar-refractivity contribution >= 4 is 40.6 Å². The zero-order chi connectivity index (χ0) is 33.1. The summed E-state index contributed by atoms with van der Waals surface area (Å²) in [4.78, 5) is 63.3. The third-order valence-corrected chi connectivity index (χ3v) is 6.39. The van der Waals surface area contributed by atoms with Crippen molar-refractivity contribution in [1.29, 1.82) is 0 Å². The number of nitrogen functional groups attached to an aromatic ring is 1. The van der Waals surface area contributed by atoms with Gasteiger partial charge in [-0.3, -0.25) is 19.4 Å². The molecule has 0 saturated carbocycles. The topological polar surface area (TPSA) is 259 Å². The lowest BCUT2D eigenvalue weighted by molar-refractivity contribution is -0.139. The fourth-order valence-corrected chi connectivity index (χ4v) is 3.98. The number of aromatic nitrogens is 4. The summed E-state index contributed by atoms with van der Waals surface area (Å²) < 4.78 is 16.2. The minimum Gasteiger partial charge on any atom is -0.480 e. The molecule has 2 heterocycles. The van der Waals surface area contributed by atoms with E-state index in [4.69, 9.17) is 25.7 Å². The number of carbonyl (C=O) groups excluding carboxylic acids is 2. The molecule has 3 aromatic rings. The van der Waals surface area contributed by atoms with Gasteiger partial charge in [-0.25, -0.2) is 14.8 Å². The Balaban J connectivity index is 1.31. The minimum absolute atomic E-state index is 0.0506. The molecular formula is C29H41N9O8. The second-order valence-corrected chi connectivity index (χ2v) is 10.0. The Morgan fingerprint density at radius 2 is 1.63 bits per heavy atom. The van der Waals surface area contributed by atoms with Gasteiger partial charge in [0.05, 0.1) is 44.9 Å². The molecule has 0 aliphatic rings. The van der Waals surface area contributed by atoms with Gasteiger partial charge in [-0.15, -0.1) is 0 Å². The maximum Gasteiger partial charge on any atom is 0.326 e. The fraction of sp³-hybridized carbons (Fsp3) is 0.483. The van der Waals surface area contributed by atoms with Gasteiger partial charge in [0.2, 0.25) is 11.9 Å². The third kappa shape index (κ3) is 12.7. The minimum atomic E-state index is -1.25. The highest BCUT2D eigenvalue weighted by atomic mass is 16.5. The first-order chi connectivity index (χ1) is 22.3. The molecule has 0 aliphatic heterocycles. The molecule has 9 N–H and O–H groups in total. The molecule has 0 saturated heterocycles. The quantitative estimate of drug-likeness (QED) is 0.0698. The van der Waals surface area contributed by atoms with Gasteiger partial charge < -0.3 is 46.7 Å². The standard InChI is InChI=1S/C29H41N9O8/c30-9-1-11-44-13-15-46-16-14-45-12-2-10-32-23(39)8-7-22(28(42)43)36-26(40)19-3-5-20(6-4-19)33-17-21-18-34-25-24(35-21)27(41)38-29(31)37-25/h3-6,18,22,33H,1-2,7-17,30H2,(H,32,39)(H,36,40)(H,42,43)(H3,31,34,37,38,41)/t22-/m0/s1. The Hall–Kier alpha value is -4.71. The average molecular weight is 644 g/mol. The van der Waals surface area contributed by atoms with Crippen LogP contribution in [0.15, 0.2) is 35.3 Å². The number of aliphatic carboxylic acids is 1. The number of nitrogens with one attached hydrogen (secondary N) is 4. The van der Waals surface area contributed by atoms with Crippen LogP contribution in [0.5, 0.6) is 0 Å². The number of hydrogen-bond acceptors (Lipinski definition) is 13. The Morgan fingerprint density at radius 3 is 2.30 bits per heavy atom. The van der Waals surface area contributed by atoms with Gasteiger partial charge in [0.25, 0.3) is 11.5 Å². The lowest BCUT2D eigenvalue weighted by Crippen LogP contribution is -2.41. The molecule has 46 heavy (non-hydrogen) atoms. The Kier molecular flexibility index (Phi) is 15.3. The summed E-state index contributed by atoms with van der Waals surface area (Å²) >= 11 is 0. The molecule has 17 nitrogen and oxygen atoms in total. The number of carboxylic acid groups (broad SMARTS) is 1. The number of anilines is 2. The van der Waals surface area contributed by atoms with Crippen molar-refractivity contribution in [2.75, 3.05) is 63.8 Å². The summed E-state index contributed by atoms with van der Waals surface area (Å²) in [6.07, 6.45) is 2.72. The highest BCUT2D eigenvalue weighted by Crippen LogP contribution is 2.12. The number of nitrogens with two attached hydrogens (primary N) is 2. The SMILES string of the molecule is NCCCOCCOCCOCCCNC(=O)CC[C@H](NC(=O)c1ccc(NCc2cnc3nc(N)[nH]c(=O)c3n2)cc1)C(=O)O. The average Bonchev–Trinajstić information content (AvgIpc) is 3.04. The van der Waals surface area contributed by atoms with Crippen molar-refractivity contribution in [3.8, 4) is 0 Å². The maximum atomic E-state index is 12.7. The first kappa shape index (κ1) is 35.8. The van der Waals surface area contributed by atoms with E-state index in [1.54, 1.807) is 12.1 Å². The molecule has 0 fully saturated rings. The van der Waals surface area contributed by atoms with E-state index >= 15 is 0 Å². The number of amides is 2. The van der Waals surface area contributed by atoms with Crippen LogP contribution in [0, 0.1) is 0 Å². The Bertz CT molecular complexity index is 1470. The van der Waals surface area contributed by atoms with Gasteiger partial charge >= 0.3 is 5.97 Å². The molecule has 0 unspecified atom stereocenters. The molecule has 0 radical (unpaired) electrons. The molecule has 2 aromatic heterocycles. The van der Waals surface area contributed by atoms with E-state index in [-0.39, 0.29) is 48.0 Å². The fourth-order valence-electron chi connectivity index (χ4n) is 3.98. The molecule has 0 spiro atoms. The van der Waals surface area contributed by atoms with Gasteiger partial charge in [0.15, 0.2) is 11.2 Å². The predicted octanol–water partition coefficient (Wildman–Crippen LogP) is -0.224. The molecule has 1 atom stereocenters. The van der Waals surface area contributed by atoms with Gasteiger partial charge in [-0.2, -0.15) is 4.98 Å². The third-order valence-electron chi connectivity index (χ3n) is 6.39. The number of carboxylic acids is 1. The summed E-state index contributed by atoms with van der Waals surface area (Å²) in [5, 5.41) is 17.9. The molecule has 17 heteroatoms. The predicted molar refractivity (Wildman–Crippen MR) is 168 cm³/mol. The lowest BCUT2D eigenvalue weighted by Gasteiger charge is -2.15.